The Morgan fingerprint density at radius 2 is 1.86 bits per heavy atom. The Hall–Kier alpha value is -3.68. The second-order valence-electron chi connectivity index (χ2n) is 6.37. The van der Waals surface area contributed by atoms with Gasteiger partial charge in [-0.1, -0.05) is 25.1 Å². The van der Waals surface area contributed by atoms with Gasteiger partial charge in [-0.25, -0.2) is 14.6 Å². The molecule has 2 N–H and O–H groups in total. The summed E-state index contributed by atoms with van der Waals surface area (Å²) < 4.78 is 9.86. The van der Waals surface area contributed by atoms with Gasteiger partial charge in [0.15, 0.2) is 5.78 Å². The zero-order valence-electron chi connectivity index (χ0n) is 16.1. The number of ether oxygens (including phenoxy) is 2. The predicted molar refractivity (Wildman–Crippen MR) is 107 cm³/mol. The summed E-state index contributed by atoms with van der Waals surface area (Å²) in [6.07, 6.45) is -0.122. The highest BCUT2D eigenvalue weighted by atomic mass is 16.5. The molecule has 1 amide bonds. The molecule has 0 aliphatic carbocycles. The van der Waals surface area contributed by atoms with Gasteiger partial charge in [0, 0.05) is 5.56 Å². The Bertz CT molecular complexity index is 1030. The van der Waals surface area contributed by atoms with Gasteiger partial charge in [-0.15, -0.1) is 0 Å². The van der Waals surface area contributed by atoms with Crippen molar-refractivity contribution in [1.82, 2.24) is 9.97 Å². The highest BCUT2D eigenvalue weighted by Gasteiger charge is 2.21. The molecule has 150 valence electrons. The van der Waals surface area contributed by atoms with E-state index in [0.29, 0.717) is 28.6 Å². The SMILES string of the molecule is CCC(COC(=O)c1ccccc1)C(=O)c1ccc2nc(NC(=O)OC)[nH]c2c1. The molecule has 3 rings (SSSR count). The first-order chi connectivity index (χ1) is 14.0. The zero-order valence-corrected chi connectivity index (χ0v) is 16.1. The number of nitrogens with one attached hydrogen (secondary N) is 2. The normalized spacial score (nSPS) is 11.7. The lowest BCUT2D eigenvalue weighted by Gasteiger charge is -2.14. The fourth-order valence-electron chi connectivity index (χ4n) is 2.82. The topological polar surface area (TPSA) is 110 Å². The van der Waals surface area contributed by atoms with E-state index in [0.717, 1.165) is 0 Å². The first-order valence-corrected chi connectivity index (χ1v) is 9.13. The van der Waals surface area contributed by atoms with Crippen molar-refractivity contribution in [2.45, 2.75) is 13.3 Å². The van der Waals surface area contributed by atoms with Gasteiger partial charge in [0.25, 0.3) is 0 Å². The number of imidazole rings is 1. The smallest absolute Gasteiger partial charge is 0.413 e. The van der Waals surface area contributed by atoms with E-state index in [4.69, 9.17) is 4.74 Å². The van der Waals surface area contributed by atoms with E-state index in [1.54, 1.807) is 42.5 Å². The van der Waals surface area contributed by atoms with Crippen LogP contribution in [0.3, 0.4) is 0 Å². The number of aromatic nitrogens is 2. The Labute approximate surface area is 167 Å². The zero-order chi connectivity index (χ0) is 20.8. The van der Waals surface area contributed by atoms with Crippen LogP contribution in [0.4, 0.5) is 10.7 Å². The number of fused-ring (bicyclic) bond motifs is 1. The average Bonchev–Trinajstić information content (AvgIpc) is 3.15. The second-order valence-corrected chi connectivity index (χ2v) is 6.37. The summed E-state index contributed by atoms with van der Waals surface area (Å²) in [7, 11) is 1.25. The van der Waals surface area contributed by atoms with Crippen LogP contribution in [0, 0.1) is 5.92 Å². The summed E-state index contributed by atoms with van der Waals surface area (Å²) in [6, 6.07) is 13.7. The number of nitrogens with zero attached hydrogens (tertiary/aromatic N) is 1. The van der Waals surface area contributed by atoms with Gasteiger partial charge in [-0.2, -0.15) is 0 Å². The standard InChI is InChI=1S/C21H21N3O5/c1-3-13(12-29-19(26)14-7-5-4-6-8-14)18(25)15-9-10-16-17(11-15)23-20(22-16)24-21(27)28-2/h4-11,13H,3,12H2,1-2H3,(H2,22,23,24,27). The number of rotatable bonds is 7. The molecule has 1 aromatic heterocycles. The molecule has 8 nitrogen and oxygen atoms in total. The lowest BCUT2D eigenvalue weighted by Crippen LogP contribution is -2.22. The molecule has 0 fully saturated rings. The Kier molecular flexibility index (Phi) is 6.23. The molecule has 1 unspecified atom stereocenters. The van der Waals surface area contributed by atoms with E-state index in [2.05, 4.69) is 20.0 Å². The molecule has 3 aromatic rings. The third kappa shape index (κ3) is 4.78. The molecule has 29 heavy (non-hydrogen) atoms. The number of aromatic amines is 1. The van der Waals surface area contributed by atoms with E-state index in [-0.39, 0.29) is 18.3 Å². The second kappa shape index (κ2) is 9.01. The van der Waals surface area contributed by atoms with Crippen molar-refractivity contribution in [3.63, 3.8) is 0 Å². The van der Waals surface area contributed by atoms with E-state index in [1.165, 1.54) is 7.11 Å². The van der Waals surface area contributed by atoms with Crippen LogP contribution in [0.2, 0.25) is 0 Å². The van der Waals surface area contributed by atoms with Crippen molar-refractivity contribution in [2.75, 3.05) is 19.0 Å². The van der Waals surface area contributed by atoms with Gasteiger partial charge >= 0.3 is 12.1 Å². The maximum atomic E-state index is 12.9. The van der Waals surface area contributed by atoms with Crippen molar-refractivity contribution in [1.29, 1.82) is 0 Å². The molecule has 8 heteroatoms. The van der Waals surface area contributed by atoms with Crippen molar-refractivity contribution in [3.8, 4) is 0 Å². The molecule has 0 aliphatic rings. The van der Waals surface area contributed by atoms with Crippen LogP contribution in [-0.4, -0.2) is 41.5 Å². The number of carbonyl (C=O) groups excluding carboxylic acids is 3. The number of ketones is 1. The number of benzene rings is 2. The number of methoxy groups -OCH3 is 1. The summed E-state index contributed by atoms with van der Waals surface area (Å²) in [5, 5.41) is 2.44. The summed E-state index contributed by atoms with van der Waals surface area (Å²) >= 11 is 0. The number of H-pyrrole nitrogens is 1. The lowest BCUT2D eigenvalue weighted by molar-refractivity contribution is 0.0427. The molecule has 1 heterocycles. The van der Waals surface area contributed by atoms with Gasteiger partial charge in [0.1, 0.15) is 6.61 Å². The molecule has 0 aliphatic heterocycles. The largest absolute Gasteiger partial charge is 0.461 e. The van der Waals surface area contributed by atoms with Crippen molar-refractivity contribution < 1.29 is 23.9 Å². The van der Waals surface area contributed by atoms with Crippen LogP contribution < -0.4 is 5.32 Å². The summed E-state index contributed by atoms with van der Waals surface area (Å²) in [5.74, 6) is -0.831. The van der Waals surface area contributed by atoms with Crippen LogP contribution in [0.25, 0.3) is 11.0 Å². The highest BCUT2D eigenvalue weighted by molar-refractivity contribution is 6.01. The molecular weight excluding hydrogens is 374 g/mol. The van der Waals surface area contributed by atoms with Crippen LogP contribution >= 0.6 is 0 Å². The fourth-order valence-corrected chi connectivity index (χ4v) is 2.82. The van der Waals surface area contributed by atoms with Crippen LogP contribution in [0.5, 0.6) is 0 Å². The molecule has 1 atom stereocenters. The third-order valence-electron chi connectivity index (χ3n) is 4.46. The molecule has 0 saturated heterocycles. The number of anilines is 1. The van der Waals surface area contributed by atoms with Crippen molar-refractivity contribution in [3.05, 3.63) is 59.7 Å². The van der Waals surface area contributed by atoms with Gasteiger partial charge in [-0.05, 0) is 36.8 Å². The van der Waals surface area contributed by atoms with Crippen molar-refractivity contribution in [2.24, 2.45) is 5.92 Å². The van der Waals surface area contributed by atoms with E-state index >= 15 is 0 Å². The lowest BCUT2D eigenvalue weighted by atomic mass is 9.96. The molecule has 0 radical (unpaired) electrons. The molecule has 0 bridgehead atoms. The maximum Gasteiger partial charge on any atom is 0.413 e. The van der Waals surface area contributed by atoms with Crippen molar-refractivity contribution >= 4 is 34.8 Å². The van der Waals surface area contributed by atoms with E-state index in [1.807, 2.05) is 13.0 Å². The van der Waals surface area contributed by atoms with E-state index < -0.39 is 18.0 Å². The summed E-state index contributed by atoms with van der Waals surface area (Å²) in [6.45, 7) is 1.87. The summed E-state index contributed by atoms with van der Waals surface area (Å²) in [4.78, 5) is 43.4. The Morgan fingerprint density at radius 1 is 1.10 bits per heavy atom. The molecule has 0 saturated carbocycles. The monoisotopic (exact) mass is 395 g/mol. The number of Topliss-reactive ketones (excluding diaryl/α,β-unsaturated/α-hetero) is 1. The quantitative estimate of drug-likeness (QED) is 0.465. The summed E-state index contributed by atoms with van der Waals surface area (Å²) in [5.41, 5.74) is 2.10. The number of hydrogen-bond donors (Lipinski definition) is 2. The van der Waals surface area contributed by atoms with Crippen LogP contribution in [0.15, 0.2) is 48.5 Å². The number of amides is 1. The first-order valence-electron chi connectivity index (χ1n) is 9.13. The fraction of sp³-hybridized carbons (Fsp3) is 0.238. The van der Waals surface area contributed by atoms with Gasteiger partial charge in [0.05, 0.1) is 29.6 Å². The first kappa shape index (κ1) is 20.1. The van der Waals surface area contributed by atoms with Gasteiger partial charge in [-0.3, -0.25) is 10.1 Å². The third-order valence-corrected chi connectivity index (χ3v) is 4.46. The minimum atomic E-state index is -0.647. The van der Waals surface area contributed by atoms with E-state index in [9.17, 15) is 14.4 Å². The number of esters is 1. The number of hydrogen-bond acceptors (Lipinski definition) is 6. The molecule has 2 aromatic carbocycles. The van der Waals surface area contributed by atoms with Crippen LogP contribution in [-0.2, 0) is 9.47 Å². The minimum Gasteiger partial charge on any atom is -0.461 e. The van der Waals surface area contributed by atoms with Crippen LogP contribution in [0.1, 0.15) is 34.1 Å². The minimum absolute atomic E-state index is 0.000773. The number of carbonyl (C=O) groups is 3. The molecular formula is C21H21N3O5. The predicted octanol–water partition coefficient (Wildman–Crippen LogP) is 3.81. The Morgan fingerprint density at radius 3 is 2.55 bits per heavy atom. The average molecular weight is 395 g/mol. The highest BCUT2D eigenvalue weighted by Crippen LogP contribution is 2.20. The maximum absolute atomic E-state index is 12.9. The van der Waals surface area contributed by atoms with Gasteiger partial charge in [0.2, 0.25) is 5.95 Å². The molecule has 0 spiro atoms. The Balaban J connectivity index is 1.70. The van der Waals surface area contributed by atoms with Gasteiger partial charge < -0.3 is 14.5 Å².